The Morgan fingerprint density at radius 3 is 2.67 bits per heavy atom. The van der Waals surface area contributed by atoms with Crippen LogP contribution in [0.25, 0.3) is 0 Å². The van der Waals surface area contributed by atoms with Crippen molar-refractivity contribution in [3.63, 3.8) is 0 Å². The molecule has 1 aromatic heterocycles. The monoisotopic (exact) mass is 414 g/mol. The van der Waals surface area contributed by atoms with E-state index in [1.165, 1.54) is 12.1 Å². The van der Waals surface area contributed by atoms with Crippen LogP contribution in [-0.4, -0.2) is 36.5 Å². The van der Waals surface area contributed by atoms with Gasteiger partial charge in [-0.25, -0.2) is 18.1 Å². The van der Waals surface area contributed by atoms with Gasteiger partial charge in [0.2, 0.25) is 15.9 Å². The van der Waals surface area contributed by atoms with Crippen LogP contribution in [0.4, 0.5) is 0 Å². The highest BCUT2D eigenvalue weighted by Crippen LogP contribution is 2.14. The van der Waals surface area contributed by atoms with E-state index in [2.05, 4.69) is 31.0 Å². The number of carbonyl (C=O) groups is 1. The highest BCUT2D eigenvalue weighted by molar-refractivity contribution is 9.10. The maximum atomic E-state index is 12.1. The number of rotatable bonds is 8. The first-order valence-electron chi connectivity index (χ1n) is 7.37. The third-order valence-corrected chi connectivity index (χ3v) is 5.22. The fourth-order valence-corrected chi connectivity index (χ4v) is 3.40. The number of benzene rings is 1. The smallest absolute Gasteiger partial charge is 0.240 e. The lowest BCUT2D eigenvalue weighted by molar-refractivity contribution is -0.121. The van der Waals surface area contributed by atoms with Gasteiger partial charge in [0.15, 0.2) is 0 Å². The molecule has 0 radical (unpaired) electrons. The lowest BCUT2D eigenvalue weighted by atomic mass is 10.3. The van der Waals surface area contributed by atoms with Gasteiger partial charge in [-0.2, -0.15) is 0 Å². The van der Waals surface area contributed by atoms with E-state index in [0.29, 0.717) is 6.54 Å². The second-order valence-electron chi connectivity index (χ2n) is 5.33. The summed E-state index contributed by atoms with van der Waals surface area (Å²) in [6.45, 7) is 2.53. The number of hydrogen-bond acceptors (Lipinski definition) is 4. The van der Waals surface area contributed by atoms with Crippen LogP contribution >= 0.6 is 15.9 Å². The minimum atomic E-state index is -3.61. The number of nitrogens with one attached hydrogen (secondary N) is 2. The van der Waals surface area contributed by atoms with Crippen LogP contribution in [-0.2, 0) is 21.4 Å². The fourth-order valence-electron chi connectivity index (χ4n) is 2.10. The average Bonchev–Trinajstić information content (AvgIpc) is 3.00. The zero-order valence-corrected chi connectivity index (χ0v) is 15.5. The number of carbonyl (C=O) groups excluding carboxylic acids is 1. The van der Waals surface area contributed by atoms with Crippen LogP contribution in [0, 0.1) is 0 Å². The third kappa shape index (κ3) is 5.73. The molecule has 1 heterocycles. The molecule has 7 nitrogen and oxygen atoms in total. The number of sulfonamides is 1. The average molecular weight is 415 g/mol. The molecule has 24 heavy (non-hydrogen) atoms. The molecule has 0 spiro atoms. The summed E-state index contributed by atoms with van der Waals surface area (Å²) in [4.78, 5) is 16.0. The zero-order chi connectivity index (χ0) is 17.6. The molecule has 0 aliphatic heterocycles. The van der Waals surface area contributed by atoms with Crippen LogP contribution in [0.15, 0.2) is 52.4 Å². The van der Waals surface area contributed by atoms with Gasteiger partial charge in [-0.1, -0.05) is 15.9 Å². The van der Waals surface area contributed by atoms with E-state index < -0.39 is 10.0 Å². The zero-order valence-electron chi connectivity index (χ0n) is 13.1. The van der Waals surface area contributed by atoms with Crippen LogP contribution in [0.3, 0.4) is 0 Å². The first-order chi connectivity index (χ1) is 11.4. The summed E-state index contributed by atoms with van der Waals surface area (Å²) in [5, 5.41) is 2.82. The van der Waals surface area contributed by atoms with E-state index in [1.807, 2.05) is 17.7 Å². The first-order valence-corrected chi connectivity index (χ1v) is 9.65. The van der Waals surface area contributed by atoms with Crippen molar-refractivity contribution in [1.82, 2.24) is 19.6 Å². The van der Waals surface area contributed by atoms with Crippen LogP contribution in [0.5, 0.6) is 0 Å². The molecule has 9 heteroatoms. The molecule has 2 N–H and O–H groups in total. The third-order valence-electron chi connectivity index (χ3n) is 3.22. The molecule has 0 saturated heterocycles. The summed E-state index contributed by atoms with van der Waals surface area (Å²) in [6.07, 6.45) is 5.24. The molecule has 1 atom stereocenters. The molecule has 0 bridgehead atoms. The van der Waals surface area contributed by atoms with Crippen LogP contribution in [0.2, 0.25) is 0 Å². The Morgan fingerprint density at radius 1 is 1.33 bits per heavy atom. The maximum Gasteiger partial charge on any atom is 0.240 e. The summed E-state index contributed by atoms with van der Waals surface area (Å²) in [5.41, 5.74) is 0. The molecule has 1 aromatic carbocycles. The van der Waals surface area contributed by atoms with Gasteiger partial charge in [0.1, 0.15) is 0 Å². The van der Waals surface area contributed by atoms with Crippen molar-refractivity contribution in [2.24, 2.45) is 0 Å². The molecule has 0 saturated carbocycles. The highest BCUT2D eigenvalue weighted by Gasteiger charge is 2.14. The standard InChI is InChI=1S/C15H19BrN4O3S/c1-12(10-20-9-8-17-11-20)19-15(21)6-7-18-24(22,23)14-4-2-13(16)3-5-14/h2-5,8-9,11-12,18H,6-7,10H2,1H3,(H,19,21). The van der Waals surface area contributed by atoms with Crippen molar-refractivity contribution in [1.29, 1.82) is 0 Å². The van der Waals surface area contributed by atoms with E-state index in [-0.39, 0.29) is 29.8 Å². The summed E-state index contributed by atoms with van der Waals surface area (Å²) in [7, 11) is -3.61. The maximum absolute atomic E-state index is 12.1. The van der Waals surface area contributed by atoms with Gasteiger partial charge < -0.3 is 9.88 Å². The van der Waals surface area contributed by atoms with Gasteiger partial charge in [0.25, 0.3) is 0 Å². The second kappa shape index (κ2) is 8.41. The molecular formula is C15H19BrN4O3S. The Bertz CT molecular complexity index is 761. The van der Waals surface area contributed by atoms with Crippen molar-refractivity contribution < 1.29 is 13.2 Å². The van der Waals surface area contributed by atoms with E-state index in [1.54, 1.807) is 24.7 Å². The largest absolute Gasteiger partial charge is 0.352 e. The Hall–Kier alpha value is -1.71. The minimum Gasteiger partial charge on any atom is -0.352 e. The van der Waals surface area contributed by atoms with Gasteiger partial charge in [-0.15, -0.1) is 0 Å². The van der Waals surface area contributed by atoms with E-state index in [4.69, 9.17) is 0 Å². The predicted molar refractivity (Wildman–Crippen MR) is 93.8 cm³/mol. The van der Waals surface area contributed by atoms with Crippen molar-refractivity contribution in [3.8, 4) is 0 Å². The SMILES string of the molecule is CC(Cn1ccnc1)NC(=O)CCNS(=O)(=O)c1ccc(Br)cc1. The summed E-state index contributed by atoms with van der Waals surface area (Å²) < 4.78 is 29.3. The minimum absolute atomic E-state index is 0.0437. The Kier molecular flexibility index (Phi) is 6.52. The van der Waals surface area contributed by atoms with E-state index in [9.17, 15) is 13.2 Å². The number of halogens is 1. The summed E-state index contributed by atoms with van der Waals surface area (Å²) in [5.74, 6) is -0.207. The molecule has 1 amide bonds. The molecule has 0 fully saturated rings. The molecule has 2 rings (SSSR count). The Balaban J connectivity index is 1.76. The predicted octanol–water partition coefficient (Wildman–Crippen LogP) is 1.52. The summed E-state index contributed by atoms with van der Waals surface area (Å²) in [6, 6.07) is 6.23. The van der Waals surface area contributed by atoms with Gasteiger partial charge in [-0.3, -0.25) is 4.79 Å². The first kappa shape index (κ1) is 18.6. The van der Waals surface area contributed by atoms with Crippen LogP contribution < -0.4 is 10.0 Å². The Morgan fingerprint density at radius 2 is 2.04 bits per heavy atom. The van der Waals surface area contributed by atoms with Crippen LogP contribution in [0.1, 0.15) is 13.3 Å². The Labute approximate surface area is 149 Å². The molecule has 0 aliphatic carbocycles. The number of aromatic nitrogens is 2. The van der Waals surface area contributed by atoms with E-state index in [0.717, 1.165) is 4.47 Å². The quantitative estimate of drug-likeness (QED) is 0.684. The van der Waals surface area contributed by atoms with Crippen molar-refractivity contribution in [3.05, 3.63) is 47.5 Å². The fraction of sp³-hybridized carbons (Fsp3) is 0.333. The summed E-state index contributed by atoms with van der Waals surface area (Å²) >= 11 is 3.25. The van der Waals surface area contributed by atoms with Gasteiger partial charge in [0, 0.05) is 42.4 Å². The lowest BCUT2D eigenvalue weighted by Gasteiger charge is -2.14. The van der Waals surface area contributed by atoms with E-state index >= 15 is 0 Å². The van der Waals surface area contributed by atoms with Gasteiger partial charge >= 0.3 is 0 Å². The molecular weight excluding hydrogens is 396 g/mol. The van der Waals surface area contributed by atoms with Crippen molar-refractivity contribution in [2.45, 2.75) is 30.8 Å². The van der Waals surface area contributed by atoms with Crippen molar-refractivity contribution in [2.75, 3.05) is 6.54 Å². The molecule has 130 valence electrons. The number of amides is 1. The lowest BCUT2D eigenvalue weighted by Crippen LogP contribution is -2.37. The molecule has 2 aromatic rings. The normalized spacial score (nSPS) is 12.8. The number of hydrogen-bond donors (Lipinski definition) is 2. The van der Waals surface area contributed by atoms with Gasteiger partial charge in [-0.05, 0) is 31.2 Å². The molecule has 0 aliphatic rings. The number of nitrogens with zero attached hydrogens (tertiary/aromatic N) is 2. The molecule has 1 unspecified atom stereocenters. The second-order valence-corrected chi connectivity index (χ2v) is 8.01. The topological polar surface area (TPSA) is 93.1 Å². The van der Waals surface area contributed by atoms with Crippen molar-refractivity contribution >= 4 is 31.9 Å². The van der Waals surface area contributed by atoms with Gasteiger partial charge in [0.05, 0.1) is 11.2 Å². The highest BCUT2D eigenvalue weighted by atomic mass is 79.9. The number of imidazole rings is 1.